The molecule has 1 saturated heterocycles. The first-order valence-electron chi connectivity index (χ1n) is 38.5. The Labute approximate surface area is 684 Å². The van der Waals surface area contributed by atoms with Crippen molar-refractivity contribution in [3.63, 3.8) is 0 Å². The summed E-state index contributed by atoms with van der Waals surface area (Å²) in [5.41, 5.74) is 19.3. The third kappa shape index (κ3) is 30.8. The topological polar surface area (TPSA) is 643 Å². The van der Waals surface area contributed by atoms with E-state index in [9.17, 15) is 78.0 Å². The van der Waals surface area contributed by atoms with Gasteiger partial charge in [0.05, 0.1) is 26.1 Å². The number of nitrogens with zero attached hydrogens (tertiary/aromatic N) is 2. The van der Waals surface area contributed by atoms with Crippen molar-refractivity contribution in [1.29, 1.82) is 5.41 Å². The predicted octanol–water partition coefficient (Wildman–Crippen LogP) is -4.54. The van der Waals surface area contributed by atoms with Gasteiger partial charge in [-0.25, -0.2) is 4.98 Å². The summed E-state index contributed by atoms with van der Waals surface area (Å²) in [6, 6.07) is 2.94. The molecular weight excluding hydrogens is 1560 g/mol. The quantitative estimate of drug-likeness (QED) is 0.00991. The van der Waals surface area contributed by atoms with E-state index in [1.54, 1.807) is 80.9 Å². The summed E-state index contributed by atoms with van der Waals surface area (Å²) >= 11 is 1.23. The lowest BCUT2D eigenvalue weighted by molar-refractivity contribution is -0.142. The molecule has 642 valence electrons. The van der Waals surface area contributed by atoms with Crippen LogP contribution < -0.4 is 86.3 Å². The highest BCUT2D eigenvalue weighted by Crippen LogP contribution is 2.23. The molecule has 118 heavy (non-hydrogen) atoms. The predicted molar refractivity (Wildman–Crippen MR) is 431 cm³/mol. The van der Waals surface area contributed by atoms with Crippen LogP contribution >= 0.6 is 11.8 Å². The van der Waals surface area contributed by atoms with E-state index >= 15 is 14.4 Å². The zero-order valence-corrected chi connectivity index (χ0v) is 66.9. The van der Waals surface area contributed by atoms with E-state index in [4.69, 9.17) is 22.6 Å². The number of carboxylic acid groups (broad SMARTS) is 1. The number of likely N-dealkylation sites (tertiary alicyclic amines) is 1. The molecule has 0 unspecified atom stereocenters. The molecule has 41 heteroatoms. The molecule has 1 fully saturated rings. The van der Waals surface area contributed by atoms with Crippen molar-refractivity contribution >= 4 is 117 Å². The average Bonchev–Trinajstić information content (AvgIpc) is 1.64. The summed E-state index contributed by atoms with van der Waals surface area (Å²) in [5.74, 6) is -14.9. The van der Waals surface area contributed by atoms with Crippen molar-refractivity contribution in [2.45, 2.75) is 183 Å². The van der Waals surface area contributed by atoms with Gasteiger partial charge in [0.1, 0.15) is 78.3 Å². The normalized spacial score (nSPS) is 15.2. The Morgan fingerprint density at radius 3 is 1.64 bits per heavy atom. The number of benzene rings is 3. The summed E-state index contributed by atoms with van der Waals surface area (Å²) in [5, 5.41) is 81.9. The number of phenolic OH excluding ortho intramolecular Hbond substituents is 1. The zero-order valence-electron chi connectivity index (χ0n) is 66.0. The lowest BCUT2D eigenvalue weighted by Crippen LogP contribution is -2.61. The number of rotatable bonds is 50. The highest BCUT2D eigenvalue weighted by molar-refractivity contribution is 7.98. The number of H-pyrrole nitrogens is 2. The van der Waals surface area contributed by atoms with Crippen LogP contribution in [-0.2, 0) is 97.6 Å². The molecule has 0 aliphatic carbocycles. The maximum Gasteiger partial charge on any atom is 0.303 e. The summed E-state index contributed by atoms with van der Waals surface area (Å²) in [6.45, 7) is 2.20. The van der Waals surface area contributed by atoms with Crippen LogP contribution in [0.1, 0.15) is 107 Å². The van der Waals surface area contributed by atoms with Gasteiger partial charge in [-0.1, -0.05) is 74.5 Å². The van der Waals surface area contributed by atoms with E-state index in [-0.39, 0.29) is 94.1 Å². The number of guanidine groups is 1. The van der Waals surface area contributed by atoms with Gasteiger partial charge in [0.15, 0.2) is 5.96 Å². The van der Waals surface area contributed by atoms with E-state index in [0.717, 1.165) is 6.92 Å². The first-order chi connectivity index (χ1) is 56.3. The molecule has 6 rings (SSSR count). The fourth-order valence-corrected chi connectivity index (χ4v) is 13.4. The molecule has 14 amide bonds. The molecule has 1 aliphatic heterocycles. The number of thioether (sulfide) groups is 1. The largest absolute Gasteiger partial charge is 0.508 e. The zero-order chi connectivity index (χ0) is 86.5. The number of aliphatic hydroxyl groups excluding tert-OH is 2. The number of para-hydroxylation sites is 1. The van der Waals surface area contributed by atoms with Crippen LogP contribution in [0.15, 0.2) is 97.6 Å². The third-order valence-electron chi connectivity index (χ3n) is 19.2. The number of hydrogen-bond donors (Lipinski definition) is 23. The number of nitrogens with two attached hydrogens (primary N) is 3. The Morgan fingerprint density at radius 1 is 0.576 bits per heavy atom. The number of phenols is 1. The number of nitrogens with one attached hydrogen (secondary N) is 16. The van der Waals surface area contributed by atoms with Gasteiger partial charge < -0.3 is 122 Å². The van der Waals surface area contributed by atoms with Crippen molar-refractivity contribution in [2.75, 3.05) is 51.4 Å². The molecule has 5 aromatic rings. The van der Waals surface area contributed by atoms with Crippen molar-refractivity contribution in [3.8, 4) is 5.75 Å². The standard InChI is InChI=1S/C77H109N21O19S/c1-42(2)64(65(79)106)97-75(116)61-20-13-30-98(61)76(117)54(18-10-11-28-78)88-62(103)38-85-66(107)57(34-46-36-84-50-17-9-8-16-49(46)50)94-67(108)51(19-12-29-83-77(80)81)89-70(111)55(32-44-14-6-5-7-15-44)92-72(113)58(35-47-37-82-41-86-47)95-68(109)52(25-26-63(104)105)90-69(110)53(27-31-118-4)91-74(115)60(40-100)96-71(112)56(33-45-21-23-48(102)24-22-45)93-73(114)59(39-99)87-43(3)101/h5-9,14-17,21-24,36-37,41-42,51-61,64,84,99-100,102H,10-13,18-20,25-35,38-40,78H2,1-4H3,(H2,79,106)(H,82,86)(H,85,107)(H,87,101)(H,88,103)(H,89,111)(H,90,110)(H,91,115)(H,92,113)(H,93,114)(H,94,108)(H,95,109)(H,96,112)(H,97,116)(H,104,105)(H4,80,81,83)/t51-,52+,53+,54+,55-,56+,57+,58+,59+,60+,61+,64+/m1/s1. The Balaban J connectivity index is 1.25. The molecule has 1 aliphatic rings. The van der Waals surface area contributed by atoms with Crippen molar-refractivity contribution in [2.24, 2.45) is 23.1 Å². The molecule has 12 atom stereocenters. The van der Waals surface area contributed by atoms with Gasteiger partial charge in [-0.2, -0.15) is 11.8 Å². The number of primary amides is 1. The average molecular weight is 1660 g/mol. The number of carbonyl (C=O) groups is 15. The molecule has 0 spiro atoms. The Kier molecular flexibility index (Phi) is 38.8. The number of aromatic amines is 2. The van der Waals surface area contributed by atoms with Crippen molar-refractivity contribution < 1.29 is 92.3 Å². The minimum atomic E-state index is -1.84. The number of carboxylic acids is 1. The molecule has 2 aromatic heterocycles. The fourth-order valence-electron chi connectivity index (χ4n) is 12.9. The SMILES string of the molecule is CSCC[C@H](NC(=O)[C@H](CO)NC(=O)[C@H](Cc1ccc(O)cc1)NC(=O)[C@H](CO)NC(C)=O)C(=O)N[C@@H](CCC(=O)O)C(=O)N[C@@H](Cc1cnc[nH]1)C(=O)N[C@H](Cc1ccccc1)C(=O)N[C@H](CCCNC(=N)N)C(=O)N[C@@H](Cc1c[nH]c2ccccc12)C(=O)NCC(=O)N[C@@H](CCCCN)C(=O)N1CCC[C@H]1C(=O)N[C@H](C(N)=O)C(C)C. The van der Waals surface area contributed by atoms with Crippen molar-refractivity contribution in [3.05, 3.63) is 120 Å². The smallest absolute Gasteiger partial charge is 0.303 e. The molecule has 0 radical (unpaired) electrons. The monoisotopic (exact) mass is 1660 g/mol. The molecule has 3 aromatic carbocycles. The third-order valence-corrected chi connectivity index (χ3v) is 19.9. The number of unbranched alkanes of at least 4 members (excludes halogenated alkanes) is 1. The summed E-state index contributed by atoms with van der Waals surface area (Å²) in [7, 11) is 0. The van der Waals surface area contributed by atoms with Gasteiger partial charge in [-0.05, 0) is 117 Å². The van der Waals surface area contributed by atoms with Gasteiger partial charge in [0, 0.05) is 81.1 Å². The number of imidazole rings is 1. The van der Waals surface area contributed by atoms with Crippen molar-refractivity contribution in [1.82, 2.24) is 89.0 Å². The number of hydrogen-bond acceptors (Lipinski definition) is 22. The Bertz CT molecular complexity index is 4250. The van der Waals surface area contributed by atoms with Gasteiger partial charge in [-0.15, -0.1) is 0 Å². The van der Waals surface area contributed by atoms with Crippen LogP contribution in [0.3, 0.4) is 0 Å². The molecule has 3 heterocycles. The number of amides is 14. The Morgan fingerprint density at radius 2 is 1.09 bits per heavy atom. The number of aliphatic carboxylic acids is 1. The van der Waals surface area contributed by atoms with E-state index in [1.807, 2.05) is 0 Å². The van der Waals surface area contributed by atoms with Gasteiger partial charge in [0.25, 0.3) is 0 Å². The summed E-state index contributed by atoms with van der Waals surface area (Å²) in [4.78, 5) is 220. The summed E-state index contributed by atoms with van der Waals surface area (Å²) in [6.07, 6.45) is 4.64. The minimum Gasteiger partial charge on any atom is -0.508 e. The number of carbonyl (C=O) groups excluding carboxylic acids is 14. The number of aromatic nitrogens is 3. The van der Waals surface area contributed by atoms with E-state index in [0.29, 0.717) is 46.9 Å². The second-order valence-corrected chi connectivity index (χ2v) is 29.6. The molecule has 0 saturated carbocycles. The van der Waals surface area contributed by atoms with Crippen LogP contribution in [0.2, 0.25) is 0 Å². The van der Waals surface area contributed by atoms with E-state index in [1.165, 1.54) is 53.5 Å². The minimum absolute atomic E-state index is 0.00491. The van der Waals surface area contributed by atoms with Gasteiger partial charge >= 0.3 is 5.97 Å². The van der Waals surface area contributed by atoms with E-state index in [2.05, 4.69) is 84.1 Å². The van der Waals surface area contributed by atoms with Gasteiger partial charge in [-0.3, -0.25) is 77.3 Å². The summed E-state index contributed by atoms with van der Waals surface area (Å²) < 4.78 is 0. The van der Waals surface area contributed by atoms with E-state index < -0.39 is 206 Å². The van der Waals surface area contributed by atoms with Crippen LogP contribution in [0, 0.1) is 11.3 Å². The molecule has 26 N–H and O–H groups in total. The fraction of sp³-hybridized carbons (Fsp3) is 0.494. The lowest BCUT2D eigenvalue weighted by Gasteiger charge is -2.30. The molecule has 40 nitrogen and oxygen atoms in total. The first kappa shape index (κ1) is 94.6. The number of fused-ring (bicyclic) bond motifs is 1. The highest BCUT2D eigenvalue weighted by atomic mass is 32.2. The van der Waals surface area contributed by atoms with Gasteiger partial charge in [0.2, 0.25) is 82.7 Å². The van der Waals surface area contributed by atoms with Crippen LogP contribution in [0.4, 0.5) is 0 Å². The highest BCUT2D eigenvalue weighted by Gasteiger charge is 2.41. The maximum absolute atomic E-state index is 15.2. The number of aliphatic hydroxyl groups is 2. The molecular formula is C77H109N21O19S. The van der Waals surface area contributed by atoms with Crippen LogP contribution in [0.5, 0.6) is 5.75 Å². The second kappa shape index (κ2) is 48.3. The first-order valence-corrected chi connectivity index (χ1v) is 39.9. The second-order valence-electron chi connectivity index (χ2n) is 28.7. The van der Waals surface area contributed by atoms with Crippen LogP contribution in [-0.4, -0.2) is 259 Å². The maximum atomic E-state index is 15.2. The lowest BCUT2D eigenvalue weighted by atomic mass is 10.0. The Hall–Kier alpha value is -12.2. The van der Waals surface area contributed by atoms with Crippen LogP contribution in [0.25, 0.3) is 10.9 Å². The molecule has 0 bridgehead atoms. The number of aromatic hydroxyl groups is 1.